The van der Waals surface area contributed by atoms with Crippen LogP contribution in [0.4, 0.5) is 0 Å². The fourth-order valence-corrected chi connectivity index (χ4v) is 2.37. The van der Waals surface area contributed by atoms with E-state index in [0.29, 0.717) is 26.2 Å². The largest absolute Gasteiger partial charge is 0.338 e. The molecule has 2 rings (SSSR count). The van der Waals surface area contributed by atoms with Crippen molar-refractivity contribution in [2.24, 2.45) is 0 Å². The normalized spacial score (nSPS) is 19.7. The van der Waals surface area contributed by atoms with Crippen molar-refractivity contribution >= 4 is 23.4 Å². The molecule has 18 heavy (non-hydrogen) atoms. The Morgan fingerprint density at radius 3 is 2.33 bits per heavy atom. The van der Waals surface area contributed by atoms with Gasteiger partial charge in [0.05, 0.1) is 0 Å². The Balaban J connectivity index is 1.89. The van der Waals surface area contributed by atoms with E-state index in [1.165, 1.54) is 0 Å². The van der Waals surface area contributed by atoms with Crippen molar-refractivity contribution in [3.05, 3.63) is 23.8 Å². The lowest BCUT2D eigenvalue weighted by Crippen LogP contribution is -2.51. The molecular formula is C13H17ClN2O2. The van der Waals surface area contributed by atoms with Gasteiger partial charge in [0, 0.05) is 31.8 Å². The number of carbonyl (C=O) groups is 2. The van der Waals surface area contributed by atoms with Gasteiger partial charge >= 0.3 is 0 Å². The number of rotatable bonds is 2. The summed E-state index contributed by atoms with van der Waals surface area (Å²) in [6.45, 7) is 2.34. The Kier molecular flexibility index (Phi) is 4.42. The zero-order valence-electron chi connectivity index (χ0n) is 10.3. The van der Waals surface area contributed by atoms with E-state index < -0.39 is 0 Å². The topological polar surface area (TPSA) is 40.6 Å². The zero-order valence-corrected chi connectivity index (χ0v) is 11.0. The van der Waals surface area contributed by atoms with Crippen molar-refractivity contribution in [3.8, 4) is 0 Å². The summed E-state index contributed by atoms with van der Waals surface area (Å²) in [6.07, 6.45) is 7.85. The quantitative estimate of drug-likeness (QED) is 0.706. The van der Waals surface area contributed by atoms with Crippen LogP contribution >= 0.6 is 11.6 Å². The molecule has 0 radical (unpaired) electrons. The van der Waals surface area contributed by atoms with Gasteiger partial charge in [0.25, 0.3) is 5.91 Å². The van der Waals surface area contributed by atoms with Crippen LogP contribution in [-0.2, 0) is 9.59 Å². The molecule has 2 aliphatic rings. The SMILES string of the molecule is O=C(CCl)N1CCN(C(=O)C2=CCCC=C2)CC1. The summed E-state index contributed by atoms with van der Waals surface area (Å²) in [5.41, 5.74) is 0.776. The summed E-state index contributed by atoms with van der Waals surface area (Å²) < 4.78 is 0. The summed E-state index contributed by atoms with van der Waals surface area (Å²) >= 11 is 5.52. The van der Waals surface area contributed by atoms with Gasteiger partial charge in [0.15, 0.2) is 0 Å². The van der Waals surface area contributed by atoms with Crippen LogP contribution in [0.3, 0.4) is 0 Å². The predicted octanol–water partition coefficient (Wildman–Crippen LogP) is 1.17. The van der Waals surface area contributed by atoms with Gasteiger partial charge in [-0.2, -0.15) is 0 Å². The second kappa shape index (κ2) is 6.05. The fraction of sp³-hybridized carbons (Fsp3) is 0.538. The van der Waals surface area contributed by atoms with Crippen LogP contribution in [-0.4, -0.2) is 53.7 Å². The molecule has 5 heteroatoms. The summed E-state index contributed by atoms with van der Waals surface area (Å²) in [7, 11) is 0. The van der Waals surface area contributed by atoms with E-state index in [2.05, 4.69) is 0 Å². The minimum Gasteiger partial charge on any atom is -0.338 e. The van der Waals surface area contributed by atoms with Crippen molar-refractivity contribution in [1.82, 2.24) is 9.80 Å². The lowest BCUT2D eigenvalue weighted by Gasteiger charge is -2.34. The highest BCUT2D eigenvalue weighted by molar-refractivity contribution is 6.27. The molecule has 1 aliphatic carbocycles. The molecular weight excluding hydrogens is 252 g/mol. The number of allylic oxidation sites excluding steroid dienone is 2. The highest BCUT2D eigenvalue weighted by Crippen LogP contribution is 2.14. The third kappa shape index (κ3) is 2.93. The Morgan fingerprint density at radius 2 is 1.78 bits per heavy atom. The molecule has 0 bridgehead atoms. The molecule has 1 aliphatic heterocycles. The van der Waals surface area contributed by atoms with Gasteiger partial charge in [-0.15, -0.1) is 11.6 Å². The predicted molar refractivity (Wildman–Crippen MR) is 70.3 cm³/mol. The number of amides is 2. The molecule has 4 nitrogen and oxygen atoms in total. The zero-order chi connectivity index (χ0) is 13.0. The smallest absolute Gasteiger partial charge is 0.253 e. The maximum absolute atomic E-state index is 12.2. The van der Waals surface area contributed by atoms with Crippen LogP contribution in [0.5, 0.6) is 0 Å². The lowest BCUT2D eigenvalue weighted by atomic mass is 10.1. The number of carbonyl (C=O) groups excluding carboxylic acids is 2. The third-order valence-corrected chi connectivity index (χ3v) is 3.50. The molecule has 0 aromatic carbocycles. The van der Waals surface area contributed by atoms with Crippen molar-refractivity contribution in [1.29, 1.82) is 0 Å². The molecule has 0 saturated carbocycles. The van der Waals surface area contributed by atoms with E-state index in [0.717, 1.165) is 18.4 Å². The van der Waals surface area contributed by atoms with Crippen molar-refractivity contribution in [2.75, 3.05) is 32.1 Å². The van der Waals surface area contributed by atoms with E-state index in [-0.39, 0.29) is 17.7 Å². The van der Waals surface area contributed by atoms with Crippen molar-refractivity contribution in [2.45, 2.75) is 12.8 Å². The number of alkyl halides is 1. The second-order valence-electron chi connectivity index (χ2n) is 4.45. The first kappa shape index (κ1) is 13.1. The van der Waals surface area contributed by atoms with Gasteiger partial charge in [-0.05, 0) is 12.8 Å². The number of nitrogens with zero attached hydrogens (tertiary/aromatic N) is 2. The van der Waals surface area contributed by atoms with Gasteiger partial charge in [-0.3, -0.25) is 9.59 Å². The maximum atomic E-state index is 12.2. The van der Waals surface area contributed by atoms with Crippen LogP contribution in [0, 0.1) is 0 Å². The highest BCUT2D eigenvalue weighted by atomic mass is 35.5. The molecule has 0 atom stereocenters. The number of hydrogen-bond acceptors (Lipinski definition) is 2. The van der Waals surface area contributed by atoms with Gasteiger partial charge in [-0.1, -0.05) is 18.2 Å². The average Bonchev–Trinajstić information content (AvgIpc) is 2.47. The summed E-state index contributed by atoms with van der Waals surface area (Å²) in [5, 5.41) is 0. The maximum Gasteiger partial charge on any atom is 0.253 e. The van der Waals surface area contributed by atoms with Crippen LogP contribution in [0.2, 0.25) is 0 Å². The summed E-state index contributed by atoms with van der Waals surface area (Å²) in [4.78, 5) is 27.1. The Labute approximate surface area is 112 Å². The van der Waals surface area contributed by atoms with Crippen molar-refractivity contribution in [3.63, 3.8) is 0 Å². The first-order valence-electron chi connectivity index (χ1n) is 6.22. The monoisotopic (exact) mass is 268 g/mol. The second-order valence-corrected chi connectivity index (χ2v) is 4.71. The molecule has 0 aromatic heterocycles. The van der Waals surface area contributed by atoms with Gasteiger partial charge in [-0.25, -0.2) is 0 Å². The van der Waals surface area contributed by atoms with Crippen LogP contribution < -0.4 is 0 Å². The fourth-order valence-electron chi connectivity index (χ4n) is 2.20. The van der Waals surface area contributed by atoms with Gasteiger partial charge in [0.2, 0.25) is 5.91 Å². The number of hydrogen-bond donors (Lipinski definition) is 0. The summed E-state index contributed by atoms with van der Waals surface area (Å²) in [5.74, 6) is 0.0337. The van der Waals surface area contributed by atoms with E-state index in [1.807, 2.05) is 18.2 Å². The van der Waals surface area contributed by atoms with Crippen LogP contribution in [0.15, 0.2) is 23.8 Å². The summed E-state index contributed by atoms with van der Waals surface area (Å²) in [6, 6.07) is 0. The van der Waals surface area contributed by atoms with E-state index in [9.17, 15) is 9.59 Å². The van der Waals surface area contributed by atoms with Crippen molar-refractivity contribution < 1.29 is 9.59 Å². The first-order valence-corrected chi connectivity index (χ1v) is 6.75. The lowest BCUT2D eigenvalue weighted by molar-refractivity contribution is -0.135. The van der Waals surface area contributed by atoms with Crippen LogP contribution in [0.25, 0.3) is 0 Å². The molecule has 0 spiro atoms. The van der Waals surface area contributed by atoms with E-state index in [1.54, 1.807) is 9.80 Å². The molecule has 2 amide bonds. The Bertz CT molecular complexity index is 396. The number of halogens is 1. The minimum atomic E-state index is -0.0551. The molecule has 1 saturated heterocycles. The average molecular weight is 269 g/mol. The Morgan fingerprint density at radius 1 is 1.11 bits per heavy atom. The number of piperazine rings is 1. The molecule has 98 valence electrons. The Hall–Kier alpha value is -1.29. The third-order valence-electron chi connectivity index (χ3n) is 3.28. The molecule has 1 heterocycles. The van der Waals surface area contributed by atoms with E-state index >= 15 is 0 Å². The van der Waals surface area contributed by atoms with E-state index in [4.69, 9.17) is 11.6 Å². The minimum absolute atomic E-state index is 0.0157. The molecule has 1 fully saturated rings. The van der Waals surface area contributed by atoms with Gasteiger partial charge < -0.3 is 9.80 Å². The molecule has 0 N–H and O–H groups in total. The van der Waals surface area contributed by atoms with Gasteiger partial charge in [0.1, 0.15) is 5.88 Å². The highest BCUT2D eigenvalue weighted by Gasteiger charge is 2.24. The van der Waals surface area contributed by atoms with Crippen LogP contribution in [0.1, 0.15) is 12.8 Å². The molecule has 0 unspecified atom stereocenters. The molecule has 0 aromatic rings. The standard InChI is InChI=1S/C13H17ClN2O2/c14-10-12(17)15-6-8-16(9-7-15)13(18)11-4-2-1-3-5-11/h2,4-5H,1,3,6-10H2. The first-order chi connectivity index (χ1) is 8.72.